The lowest BCUT2D eigenvalue weighted by Crippen LogP contribution is -2.33. The van der Waals surface area contributed by atoms with Crippen LogP contribution in [0.15, 0.2) is 24.3 Å². The second kappa shape index (κ2) is 5.92. The molecule has 17 heavy (non-hydrogen) atoms. The van der Waals surface area contributed by atoms with Crippen molar-refractivity contribution in [2.24, 2.45) is 5.92 Å². The van der Waals surface area contributed by atoms with E-state index in [2.05, 4.69) is 4.90 Å². The number of benzene rings is 1. The number of rotatable bonds is 4. The minimum absolute atomic E-state index is 0.182. The average Bonchev–Trinajstić information content (AvgIpc) is 2.35. The molecule has 0 radical (unpaired) electrons. The van der Waals surface area contributed by atoms with Crippen molar-refractivity contribution in [1.82, 2.24) is 4.90 Å². The van der Waals surface area contributed by atoms with E-state index in [1.807, 2.05) is 12.1 Å². The van der Waals surface area contributed by atoms with Gasteiger partial charge in [-0.25, -0.2) is 4.39 Å². The summed E-state index contributed by atoms with van der Waals surface area (Å²) in [5.74, 6) is 0.385. The molecule has 1 fully saturated rings. The molecule has 0 amide bonds. The molecule has 1 aliphatic rings. The van der Waals surface area contributed by atoms with Crippen LogP contribution in [0.2, 0.25) is 0 Å². The van der Waals surface area contributed by atoms with Crippen LogP contribution in [-0.4, -0.2) is 24.3 Å². The van der Waals surface area contributed by atoms with Crippen molar-refractivity contribution < 1.29 is 9.18 Å². The lowest BCUT2D eigenvalue weighted by atomic mass is 9.94. The Bertz CT molecular complexity index is 355. The predicted octanol–water partition coefficient (Wildman–Crippen LogP) is 2.63. The first-order chi connectivity index (χ1) is 8.28. The number of halogens is 1. The van der Waals surface area contributed by atoms with Gasteiger partial charge in [0.25, 0.3) is 0 Å². The van der Waals surface area contributed by atoms with Crippen LogP contribution in [0, 0.1) is 11.7 Å². The van der Waals surface area contributed by atoms with Crippen LogP contribution in [0.3, 0.4) is 0 Å². The van der Waals surface area contributed by atoms with Gasteiger partial charge in [0.05, 0.1) is 0 Å². The van der Waals surface area contributed by atoms with Crippen molar-refractivity contribution in [3.05, 3.63) is 35.6 Å². The molecule has 0 aliphatic carbocycles. The average molecular weight is 235 g/mol. The fourth-order valence-electron chi connectivity index (χ4n) is 2.36. The van der Waals surface area contributed by atoms with Gasteiger partial charge in [-0.1, -0.05) is 12.1 Å². The molecule has 0 atom stereocenters. The standard InChI is InChI=1S/C14H18FNO/c15-14-3-1-13(2-4-14)11-16-8-5-12(6-9-16)7-10-17/h1-4,10,12H,5-9,11H2. The van der Waals surface area contributed by atoms with Crippen molar-refractivity contribution in [3.63, 3.8) is 0 Å². The Kier molecular flexibility index (Phi) is 4.26. The first-order valence-electron chi connectivity index (χ1n) is 6.18. The molecule has 0 aromatic heterocycles. The Morgan fingerprint density at radius 2 is 1.88 bits per heavy atom. The van der Waals surface area contributed by atoms with Crippen molar-refractivity contribution >= 4 is 6.29 Å². The number of hydrogen-bond donors (Lipinski definition) is 0. The van der Waals surface area contributed by atoms with Crippen LogP contribution >= 0.6 is 0 Å². The third kappa shape index (κ3) is 3.63. The summed E-state index contributed by atoms with van der Waals surface area (Å²) >= 11 is 0. The Hall–Kier alpha value is -1.22. The van der Waals surface area contributed by atoms with Gasteiger partial charge in [-0.05, 0) is 49.5 Å². The molecule has 2 rings (SSSR count). The molecule has 1 heterocycles. The molecular weight excluding hydrogens is 217 g/mol. The number of aldehydes is 1. The topological polar surface area (TPSA) is 20.3 Å². The Morgan fingerprint density at radius 3 is 2.47 bits per heavy atom. The third-order valence-electron chi connectivity index (χ3n) is 3.46. The monoisotopic (exact) mass is 235 g/mol. The van der Waals surface area contributed by atoms with Gasteiger partial charge in [0, 0.05) is 13.0 Å². The van der Waals surface area contributed by atoms with E-state index in [9.17, 15) is 9.18 Å². The van der Waals surface area contributed by atoms with E-state index in [1.54, 1.807) is 0 Å². The first kappa shape index (κ1) is 12.2. The molecule has 0 N–H and O–H groups in total. The zero-order chi connectivity index (χ0) is 12.1. The summed E-state index contributed by atoms with van der Waals surface area (Å²) in [6.45, 7) is 2.96. The van der Waals surface area contributed by atoms with Crippen molar-refractivity contribution in [2.75, 3.05) is 13.1 Å². The van der Waals surface area contributed by atoms with Crippen molar-refractivity contribution in [1.29, 1.82) is 0 Å². The van der Waals surface area contributed by atoms with Crippen LogP contribution in [0.4, 0.5) is 4.39 Å². The van der Waals surface area contributed by atoms with Gasteiger partial charge in [-0.3, -0.25) is 4.90 Å². The normalized spacial score (nSPS) is 18.2. The highest BCUT2D eigenvalue weighted by Gasteiger charge is 2.18. The first-order valence-corrected chi connectivity index (χ1v) is 6.18. The minimum Gasteiger partial charge on any atom is -0.303 e. The number of nitrogens with zero attached hydrogens (tertiary/aromatic N) is 1. The molecule has 2 nitrogen and oxygen atoms in total. The molecular formula is C14H18FNO. The van der Waals surface area contributed by atoms with E-state index in [-0.39, 0.29) is 5.82 Å². The van der Waals surface area contributed by atoms with Gasteiger partial charge in [-0.15, -0.1) is 0 Å². The summed E-state index contributed by atoms with van der Waals surface area (Å²) in [4.78, 5) is 12.8. The number of hydrogen-bond acceptors (Lipinski definition) is 2. The summed E-state index contributed by atoms with van der Waals surface area (Å²) < 4.78 is 12.8. The SMILES string of the molecule is O=CCC1CCN(Cc2ccc(F)cc2)CC1. The van der Waals surface area contributed by atoms with E-state index in [0.717, 1.165) is 44.3 Å². The highest BCUT2D eigenvalue weighted by Crippen LogP contribution is 2.20. The smallest absolute Gasteiger partial charge is 0.123 e. The van der Waals surface area contributed by atoms with Crippen LogP contribution in [0.5, 0.6) is 0 Å². The molecule has 0 spiro atoms. The summed E-state index contributed by atoms with van der Waals surface area (Å²) in [5.41, 5.74) is 1.15. The summed E-state index contributed by atoms with van der Waals surface area (Å²) in [6.07, 6.45) is 3.92. The quantitative estimate of drug-likeness (QED) is 0.748. The van der Waals surface area contributed by atoms with Crippen molar-refractivity contribution in [3.8, 4) is 0 Å². The molecule has 1 aliphatic heterocycles. The summed E-state index contributed by atoms with van der Waals surface area (Å²) in [6, 6.07) is 6.70. The maximum atomic E-state index is 12.8. The number of carbonyl (C=O) groups excluding carboxylic acids is 1. The Balaban J connectivity index is 1.81. The molecule has 3 heteroatoms. The lowest BCUT2D eigenvalue weighted by molar-refractivity contribution is -0.108. The second-order valence-corrected chi connectivity index (χ2v) is 4.75. The van der Waals surface area contributed by atoms with Crippen LogP contribution < -0.4 is 0 Å². The highest BCUT2D eigenvalue weighted by atomic mass is 19.1. The van der Waals surface area contributed by atoms with Gasteiger partial charge >= 0.3 is 0 Å². The molecule has 1 aromatic rings. The zero-order valence-corrected chi connectivity index (χ0v) is 9.94. The summed E-state index contributed by atoms with van der Waals surface area (Å²) in [5, 5.41) is 0. The lowest BCUT2D eigenvalue weighted by Gasteiger charge is -2.31. The zero-order valence-electron chi connectivity index (χ0n) is 9.94. The van der Waals surface area contributed by atoms with E-state index >= 15 is 0 Å². The summed E-state index contributed by atoms with van der Waals surface area (Å²) in [7, 11) is 0. The second-order valence-electron chi connectivity index (χ2n) is 4.75. The maximum Gasteiger partial charge on any atom is 0.123 e. The molecule has 0 saturated carbocycles. The van der Waals surface area contributed by atoms with Gasteiger partial charge < -0.3 is 4.79 Å². The molecule has 92 valence electrons. The van der Waals surface area contributed by atoms with Crippen LogP contribution in [0.1, 0.15) is 24.8 Å². The van der Waals surface area contributed by atoms with Gasteiger partial charge in [-0.2, -0.15) is 0 Å². The number of piperidine rings is 1. The predicted molar refractivity (Wildman–Crippen MR) is 65.1 cm³/mol. The highest BCUT2D eigenvalue weighted by molar-refractivity contribution is 5.49. The molecule has 0 unspecified atom stereocenters. The van der Waals surface area contributed by atoms with Gasteiger partial charge in [0.1, 0.15) is 12.1 Å². The van der Waals surface area contributed by atoms with Crippen molar-refractivity contribution in [2.45, 2.75) is 25.8 Å². The van der Waals surface area contributed by atoms with Gasteiger partial charge in [0.15, 0.2) is 0 Å². The Labute approximate surface area is 101 Å². The van der Waals surface area contributed by atoms with Gasteiger partial charge in [0.2, 0.25) is 0 Å². The number of likely N-dealkylation sites (tertiary alicyclic amines) is 1. The van der Waals surface area contributed by atoms with Crippen LogP contribution in [-0.2, 0) is 11.3 Å². The maximum absolute atomic E-state index is 12.8. The molecule has 0 bridgehead atoms. The fourth-order valence-corrected chi connectivity index (χ4v) is 2.36. The number of carbonyl (C=O) groups is 1. The van der Waals surface area contributed by atoms with E-state index < -0.39 is 0 Å². The Morgan fingerprint density at radius 1 is 1.24 bits per heavy atom. The van der Waals surface area contributed by atoms with E-state index in [1.165, 1.54) is 12.1 Å². The third-order valence-corrected chi connectivity index (χ3v) is 3.46. The molecule has 1 aromatic carbocycles. The van der Waals surface area contributed by atoms with E-state index in [0.29, 0.717) is 12.3 Å². The minimum atomic E-state index is -0.182. The fraction of sp³-hybridized carbons (Fsp3) is 0.500. The van der Waals surface area contributed by atoms with E-state index in [4.69, 9.17) is 0 Å². The van der Waals surface area contributed by atoms with Crippen LogP contribution in [0.25, 0.3) is 0 Å². The molecule has 1 saturated heterocycles. The largest absolute Gasteiger partial charge is 0.303 e.